The van der Waals surface area contributed by atoms with Crippen molar-refractivity contribution in [3.05, 3.63) is 53.5 Å². The molecule has 0 N–H and O–H groups in total. The second kappa shape index (κ2) is 7.23. The van der Waals surface area contributed by atoms with E-state index in [0.717, 1.165) is 31.0 Å². The van der Waals surface area contributed by atoms with Gasteiger partial charge < -0.3 is 9.15 Å². The third kappa shape index (κ3) is 4.39. The van der Waals surface area contributed by atoms with E-state index >= 15 is 0 Å². The molecule has 5 heteroatoms. The summed E-state index contributed by atoms with van der Waals surface area (Å²) >= 11 is 0. The Morgan fingerprint density at radius 3 is 2.83 bits per heavy atom. The van der Waals surface area contributed by atoms with Gasteiger partial charge in [-0.3, -0.25) is 4.90 Å². The predicted octanol–water partition coefficient (Wildman–Crippen LogP) is 3.43. The van der Waals surface area contributed by atoms with Crippen molar-refractivity contribution < 1.29 is 13.5 Å². The number of aromatic nitrogens is 1. The molecule has 1 saturated heterocycles. The molecule has 1 atom stereocenters. The van der Waals surface area contributed by atoms with Crippen molar-refractivity contribution in [2.75, 3.05) is 26.2 Å². The van der Waals surface area contributed by atoms with Crippen LogP contribution < -0.4 is 0 Å². The zero-order valence-electron chi connectivity index (χ0n) is 13.7. The third-order valence-electron chi connectivity index (χ3n) is 3.91. The Morgan fingerprint density at radius 2 is 2.09 bits per heavy atom. The monoisotopic (exact) mass is 318 g/mol. The van der Waals surface area contributed by atoms with Crippen molar-refractivity contribution in [2.45, 2.75) is 26.4 Å². The number of ether oxygens (including phenoxy) is 1. The van der Waals surface area contributed by atoms with Crippen LogP contribution in [0.3, 0.4) is 0 Å². The van der Waals surface area contributed by atoms with E-state index in [1.54, 1.807) is 18.3 Å². The molecule has 1 fully saturated rings. The van der Waals surface area contributed by atoms with E-state index in [0.29, 0.717) is 24.8 Å². The maximum atomic E-state index is 12.9. The molecule has 2 heterocycles. The molecule has 1 unspecified atom stereocenters. The maximum absolute atomic E-state index is 12.9. The molecular weight excluding hydrogens is 295 g/mol. The van der Waals surface area contributed by atoms with Crippen LogP contribution in [0.15, 0.2) is 34.9 Å². The molecule has 124 valence electrons. The van der Waals surface area contributed by atoms with Gasteiger partial charge in [-0.25, -0.2) is 9.37 Å². The summed E-state index contributed by atoms with van der Waals surface area (Å²) in [5, 5.41) is 0. The number of rotatable bonds is 5. The molecule has 0 bridgehead atoms. The van der Waals surface area contributed by atoms with E-state index in [-0.39, 0.29) is 11.9 Å². The average molecular weight is 318 g/mol. The summed E-state index contributed by atoms with van der Waals surface area (Å²) in [6.45, 7) is 7.97. The van der Waals surface area contributed by atoms with E-state index in [1.165, 1.54) is 12.1 Å². The van der Waals surface area contributed by atoms with Gasteiger partial charge in [0.2, 0.25) is 5.89 Å². The maximum Gasteiger partial charge on any atom is 0.224 e. The zero-order valence-corrected chi connectivity index (χ0v) is 13.7. The van der Waals surface area contributed by atoms with E-state index in [1.807, 2.05) is 0 Å². The van der Waals surface area contributed by atoms with Gasteiger partial charge in [-0.15, -0.1) is 0 Å². The number of nitrogens with zero attached hydrogens (tertiary/aromatic N) is 2. The van der Waals surface area contributed by atoms with Crippen LogP contribution in [0, 0.1) is 11.7 Å². The highest BCUT2D eigenvalue weighted by atomic mass is 19.1. The minimum Gasteiger partial charge on any atom is -0.442 e. The van der Waals surface area contributed by atoms with Gasteiger partial charge in [0.15, 0.2) is 0 Å². The number of benzene rings is 1. The van der Waals surface area contributed by atoms with Gasteiger partial charge in [0, 0.05) is 26.1 Å². The summed E-state index contributed by atoms with van der Waals surface area (Å²) in [4.78, 5) is 6.77. The standard InChI is InChI=1S/C18H23FN2O2/c1-13(2)11-21-7-8-22-17(12-21)18-20-10-16(23-18)9-14-3-5-15(19)6-4-14/h3-6,10,13,17H,7-9,11-12H2,1-2H3. The fourth-order valence-electron chi connectivity index (χ4n) is 2.89. The number of morpholine rings is 1. The van der Waals surface area contributed by atoms with Gasteiger partial charge in [-0.05, 0) is 23.6 Å². The predicted molar refractivity (Wildman–Crippen MR) is 85.7 cm³/mol. The lowest BCUT2D eigenvalue weighted by Crippen LogP contribution is -2.40. The molecule has 0 spiro atoms. The van der Waals surface area contributed by atoms with Crippen LogP contribution in [-0.2, 0) is 11.2 Å². The largest absolute Gasteiger partial charge is 0.442 e. The molecule has 1 aromatic heterocycles. The molecule has 0 radical (unpaired) electrons. The Balaban J connectivity index is 1.63. The normalized spacial score (nSPS) is 19.4. The lowest BCUT2D eigenvalue weighted by atomic mass is 10.1. The minimum absolute atomic E-state index is 0.107. The lowest BCUT2D eigenvalue weighted by molar-refractivity contribution is -0.0458. The van der Waals surface area contributed by atoms with Crippen LogP contribution in [0.1, 0.15) is 37.2 Å². The Hall–Kier alpha value is -1.72. The Labute approximate surface area is 136 Å². The molecule has 1 aliphatic rings. The summed E-state index contributed by atoms with van der Waals surface area (Å²) in [6.07, 6.45) is 2.24. The highest BCUT2D eigenvalue weighted by Crippen LogP contribution is 2.23. The molecule has 3 rings (SSSR count). The Morgan fingerprint density at radius 1 is 1.30 bits per heavy atom. The first-order chi connectivity index (χ1) is 11.1. The summed E-state index contributed by atoms with van der Waals surface area (Å²) in [5.74, 6) is 1.81. The van der Waals surface area contributed by atoms with E-state index in [2.05, 4.69) is 23.7 Å². The average Bonchev–Trinajstić information content (AvgIpc) is 2.98. The fourth-order valence-corrected chi connectivity index (χ4v) is 2.89. The van der Waals surface area contributed by atoms with E-state index < -0.39 is 0 Å². The number of oxazole rings is 1. The van der Waals surface area contributed by atoms with Gasteiger partial charge in [0.05, 0.1) is 12.8 Å². The zero-order chi connectivity index (χ0) is 16.2. The van der Waals surface area contributed by atoms with Gasteiger partial charge in [0.1, 0.15) is 17.7 Å². The molecule has 0 amide bonds. The topological polar surface area (TPSA) is 38.5 Å². The van der Waals surface area contributed by atoms with Crippen LogP contribution in [0.2, 0.25) is 0 Å². The smallest absolute Gasteiger partial charge is 0.224 e. The summed E-state index contributed by atoms with van der Waals surface area (Å²) in [6, 6.07) is 6.44. The number of hydrogen-bond acceptors (Lipinski definition) is 4. The van der Waals surface area contributed by atoms with Gasteiger partial charge in [-0.1, -0.05) is 26.0 Å². The molecule has 0 saturated carbocycles. The van der Waals surface area contributed by atoms with E-state index in [4.69, 9.17) is 9.15 Å². The molecular formula is C18H23FN2O2. The first kappa shape index (κ1) is 16.1. The Kier molecular flexibility index (Phi) is 5.08. The molecule has 23 heavy (non-hydrogen) atoms. The van der Waals surface area contributed by atoms with Gasteiger partial charge >= 0.3 is 0 Å². The van der Waals surface area contributed by atoms with Crippen molar-refractivity contribution in [2.24, 2.45) is 5.92 Å². The van der Waals surface area contributed by atoms with Crippen molar-refractivity contribution in [3.63, 3.8) is 0 Å². The molecule has 2 aromatic rings. The van der Waals surface area contributed by atoms with Crippen molar-refractivity contribution in [1.29, 1.82) is 0 Å². The van der Waals surface area contributed by atoms with Gasteiger partial charge in [0.25, 0.3) is 0 Å². The van der Waals surface area contributed by atoms with E-state index in [9.17, 15) is 4.39 Å². The van der Waals surface area contributed by atoms with Crippen LogP contribution >= 0.6 is 0 Å². The summed E-state index contributed by atoms with van der Waals surface area (Å²) in [5.41, 5.74) is 1.00. The highest BCUT2D eigenvalue weighted by molar-refractivity contribution is 5.20. The van der Waals surface area contributed by atoms with Crippen molar-refractivity contribution in [3.8, 4) is 0 Å². The van der Waals surface area contributed by atoms with Crippen LogP contribution in [0.25, 0.3) is 0 Å². The second-order valence-electron chi connectivity index (χ2n) is 6.48. The second-order valence-corrected chi connectivity index (χ2v) is 6.48. The van der Waals surface area contributed by atoms with Crippen LogP contribution in [0.5, 0.6) is 0 Å². The quantitative estimate of drug-likeness (QED) is 0.846. The summed E-state index contributed by atoms with van der Waals surface area (Å²) in [7, 11) is 0. The number of halogens is 1. The van der Waals surface area contributed by atoms with Crippen molar-refractivity contribution >= 4 is 0 Å². The minimum atomic E-state index is -0.229. The highest BCUT2D eigenvalue weighted by Gasteiger charge is 2.26. The molecule has 1 aromatic carbocycles. The Bertz CT molecular complexity index is 624. The first-order valence-corrected chi connectivity index (χ1v) is 8.13. The first-order valence-electron chi connectivity index (χ1n) is 8.13. The molecule has 4 nitrogen and oxygen atoms in total. The summed E-state index contributed by atoms with van der Waals surface area (Å²) < 4.78 is 24.6. The van der Waals surface area contributed by atoms with Crippen molar-refractivity contribution in [1.82, 2.24) is 9.88 Å². The SMILES string of the molecule is CC(C)CN1CCOC(c2ncc(Cc3ccc(F)cc3)o2)C1. The van der Waals surface area contributed by atoms with Crippen LogP contribution in [0.4, 0.5) is 4.39 Å². The molecule has 0 aliphatic carbocycles. The lowest BCUT2D eigenvalue weighted by Gasteiger charge is -2.32. The van der Waals surface area contributed by atoms with Crippen LogP contribution in [-0.4, -0.2) is 36.1 Å². The third-order valence-corrected chi connectivity index (χ3v) is 3.91. The molecule has 1 aliphatic heterocycles. The fraction of sp³-hybridized carbons (Fsp3) is 0.500. The van der Waals surface area contributed by atoms with Gasteiger partial charge in [-0.2, -0.15) is 0 Å². The number of hydrogen-bond donors (Lipinski definition) is 0.